The Labute approximate surface area is 105 Å². The summed E-state index contributed by atoms with van der Waals surface area (Å²) in [6.45, 7) is 6.31. The summed E-state index contributed by atoms with van der Waals surface area (Å²) in [5.74, 6) is 0. The van der Waals surface area contributed by atoms with Crippen molar-refractivity contribution in [1.29, 1.82) is 0 Å². The van der Waals surface area contributed by atoms with Crippen molar-refractivity contribution in [2.45, 2.75) is 32.7 Å². The molecule has 7 heteroatoms. The number of aromatic nitrogens is 3. The molecule has 0 aromatic carbocycles. The molecule has 1 aromatic heterocycles. The molecule has 18 heavy (non-hydrogen) atoms. The lowest BCUT2D eigenvalue weighted by atomic mass is 10.2. The molecule has 1 N–H and O–H groups in total. The normalized spacial score (nSPS) is 18.3. The van der Waals surface area contributed by atoms with Crippen LogP contribution in [0.4, 0.5) is 4.79 Å². The first-order chi connectivity index (χ1) is 8.67. The van der Waals surface area contributed by atoms with Crippen LogP contribution in [0.2, 0.25) is 0 Å². The van der Waals surface area contributed by atoms with E-state index in [-0.39, 0.29) is 19.3 Å². The summed E-state index contributed by atoms with van der Waals surface area (Å²) in [5, 5.41) is 17.0. The second kappa shape index (κ2) is 5.18. The number of hydrogen-bond donors (Lipinski definition) is 1. The smallest absolute Gasteiger partial charge is 0.410 e. The highest BCUT2D eigenvalue weighted by atomic mass is 16.6. The van der Waals surface area contributed by atoms with Gasteiger partial charge in [-0.15, -0.1) is 5.10 Å². The fourth-order valence-corrected chi connectivity index (χ4v) is 1.93. The second-order valence-corrected chi connectivity index (χ2v) is 4.17. The van der Waals surface area contributed by atoms with Crippen molar-refractivity contribution in [3.8, 4) is 0 Å². The Morgan fingerprint density at radius 1 is 1.72 bits per heavy atom. The molecule has 1 atom stereocenters. The molecule has 0 radical (unpaired) electrons. The number of ether oxygens (including phenoxy) is 1. The quantitative estimate of drug-likeness (QED) is 0.782. The van der Waals surface area contributed by atoms with Gasteiger partial charge in [-0.25, -0.2) is 9.48 Å². The Morgan fingerprint density at radius 3 is 3.17 bits per heavy atom. The Kier molecular flexibility index (Phi) is 3.61. The molecule has 2 heterocycles. The van der Waals surface area contributed by atoms with E-state index < -0.39 is 6.09 Å². The SMILES string of the molecule is C=CCOC(=O)N1Cc2c(CO)nnn2C[C@@H]1C. The van der Waals surface area contributed by atoms with Gasteiger partial charge in [0.05, 0.1) is 31.4 Å². The maximum absolute atomic E-state index is 11.8. The molecule has 0 unspecified atom stereocenters. The topological polar surface area (TPSA) is 80.5 Å². The van der Waals surface area contributed by atoms with Gasteiger partial charge in [-0.1, -0.05) is 17.9 Å². The van der Waals surface area contributed by atoms with E-state index >= 15 is 0 Å². The highest BCUT2D eigenvalue weighted by molar-refractivity contribution is 5.68. The Bertz CT molecular complexity index is 457. The van der Waals surface area contributed by atoms with Gasteiger partial charge in [-0.3, -0.25) is 4.90 Å². The van der Waals surface area contributed by atoms with Crippen LogP contribution in [0.15, 0.2) is 12.7 Å². The lowest BCUT2D eigenvalue weighted by molar-refractivity contribution is 0.0790. The minimum atomic E-state index is -0.390. The molecule has 1 amide bonds. The zero-order valence-electron chi connectivity index (χ0n) is 10.2. The Hall–Kier alpha value is -1.89. The summed E-state index contributed by atoms with van der Waals surface area (Å²) >= 11 is 0. The minimum absolute atomic E-state index is 0.0249. The summed E-state index contributed by atoms with van der Waals surface area (Å²) in [4.78, 5) is 13.4. The number of amides is 1. The van der Waals surface area contributed by atoms with Crippen LogP contribution < -0.4 is 0 Å². The Morgan fingerprint density at radius 2 is 2.50 bits per heavy atom. The maximum atomic E-state index is 11.8. The van der Waals surface area contributed by atoms with Crippen molar-refractivity contribution in [3.63, 3.8) is 0 Å². The van der Waals surface area contributed by atoms with Gasteiger partial charge >= 0.3 is 6.09 Å². The van der Waals surface area contributed by atoms with E-state index in [1.54, 1.807) is 9.58 Å². The third-order valence-corrected chi connectivity index (χ3v) is 2.92. The monoisotopic (exact) mass is 252 g/mol. The average Bonchev–Trinajstić information content (AvgIpc) is 2.76. The van der Waals surface area contributed by atoms with Crippen LogP contribution >= 0.6 is 0 Å². The zero-order valence-corrected chi connectivity index (χ0v) is 10.2. The predicted molar refractivity (Wildman–Crippen MR) is 62.5 cm³/mol. The number of rotatable bonds is 3. The molecule has 7 nitrogen and oxygen atoms in total. The number of nitrogens with zero attached hydrogens (tertiary/aromatic N) is 4. The molecule has 2 rings (SSSR count). The zero-order chi connectivity index (χ0) is 13.1. The first-order valence-corrected chi connectivity index (χ1v) is 5.73. The van der Waals surface area contributed by atoms with Crippen LogP contribution in [0, 0.1) is 0 Å². The summed E-state index contributed by atoms with van der Waals surface area (Å²) in [5.41, 5.74) is 1.26. The second-order valence-electron chi connectivity index (χ2n) is 4.17. The van der Waals surface area contributed by atoms with Gasteiger partial charge in [0.15, 0.2) is 0 Å². The molecule has 1 aliphatic rings. The van der Waals surface area contributed by atoms with Gasteiger partial charge in [-0.05, 0) is 6.92 Å². The van der Waals surface area contributed by atoms with Crippen LogP contribution in [0.25, 0.3) is 0 Å². The minimum Gasteiger partial charge on any atom is -0.445 e. The van der Waals surface area contributed by atoms with Crippen molar-refractivity contribution < 1.29 is 14.6 Å². The van der Waals surface area contributed by atoms with Gasteiger partial charge in [0.25, 0.3) is 0 Å². The molecular weight excluding hydrogens is 236 g/mol. The van der Waals surface area contributed by atoms with E-state index in [1.165, 1.54) is 6.08 Å². The number of fused-ring (bicyclic) bond motifs is 1. The van der Waals surface area contributed by atoms with Crippen LogP contribution in [0.3, 0.4) is 0 Å². The van der Waals surface area contributed by atoms with Crippen LogP contribution in [-0.4, -0.2) is 43.7 Å². The van der Waals surface area contributed by atoms with E-state index in [9.17, 15) is 4.79 Å². The number of hydrogen-bond acceptors (Lipinski definition) is 5. The summed E-state index contributed by atoms with van der Waals surface area (Å²) in [7, 11) is 0. The van der Waals surface area contributed by atoms with Crippen LogP contribution in [0.5, 0.6) is 0 Å². The van der Waals surface area contributed by atoms with Gasteiger partial charge < -0.3 is 9.84 Å². The van der Waals surface area contributed by atoms with E-state index in [0.717, 1.165) is 5.69 Å². The van der Waals surface area contributed by atoms with E-state index in [4.69, 9.17) is 9.84 Å². The highest BCUT2D eigenvalue weighted by Gasteiger charge is 2.30. The maximum Gasteiger partial charge on any atom is 0.410 e. The molecule has 0 bridgehead atoms. The lowest BCUT2D eigenvalue weighted by Crippen LogP contribution is -2.45. The Balaban J connectivity index is 2.15. The number of aliphatic hydroxyl groups excluding tert-OH is 1. The first-order valence-electron chi connectivity index (χ1n) is 5.73. The van der Waals surface area contributed by atoms with E-state index in [1.807, 2.05) is 6.92 Å². The van der Waals surface area contributed by atoms with E-state index in [2.05, 4.69) is 16.9 Å². The molecule has 98 valence electrons. The third-order valence-electron chi connectivity index (χ3n) is 2.92. The van der Waals surface area contributed by atoms with Gasteiger partial charge in [0.1, 0.15) is 12.3 Å². The number of carbonyl (C=O) groups is 1. The molecular formula is C11H16N4O3. The fourth-order valence-electron chi connectivity index (χ4n) is 1.93. The van der Waals surface area contributed by atoms with Crippen molar-refractivity contribution in [3.05, 3.63) is 24.0 Å². The third kappa shape index (κ3) is 2.21. The number of carbonyl (C=O) groups excluding carboxylic acids is 1. The van der Waals surface area contributed by atoms with Crippen molar-refractivity contribution in [2.75, 3.05) is 6.61 Å². The predicted octanol–water partition coefficient (Wildman–Crippen LogP) is 0.297. The highest BCUT2D eigenvalue weighted by Crippen LogP contribution is 2.19. The van der Waals surface area contributed by atoms with E-state index in [0.29, 0.717) is 18.8 Å². The largest absolute Gasteiger partial charge is 0.445 e. The lowest BCUT2D eigenvalue weighted by Gasteiger charge is -2.32. The molecule has 1 aliphatic heterocycles. The molecule has 0 aliphatic carbocycles. The molecule has 0 spiro atoms. The summed E-state index contributed by atoms with van der Waals surface area (Å²) < 4.78 is 6.74. The van der Waals surface area contributed by atoms with Gasteiger partial charge in [0, 0.05) is 0 Å². The van der Waals surface area contributed by atoms with Crippen molar-refractivity contribution in [1.82, 2.24) is 19.9 Å². The van der Waals surface area contributed by atoms with Crippen molar-refractivity contribution >= 4 is 6.09 Å². The standard InChI is InChI=1S/C11H16N4O3/c1-3-4-18-11(17)14-6-10-9(7-16)12-13-15(10)5-8(14)2/h3,8,16H,1,4-7H2,2H3/t8-/m0/s1. The summed E-state index contributed by atoms with van der Waals surface area (Å²) in [6.07, 6.45) is 1.14. The van der Waals surface area contributed by atoms with Crippen molar-refractivity contribution in [2.24, 2.45) is 0 Å². The van der Waals surface area contributed by atoms with Gasteiger partial charge in [-0.2, -0.15) is 0 Å². The fraction of sp³-hybridized carbons (Fsp3) is 0.545. The molecule has 0 fully saturated rings. The van der Waals surface area contributed by atoms with Gasteiger partial charge in [0.2, 0.25) is 0 Å². The molecule has 1 aromatic rings. The average molecular weight is 252 g/mol. The molecule has 0 saturated carbocycles. The first kappa shape index (κ1) is 12.6. The van der Waals surface area contributed by atoms with Crippen LogP contribution in [-0.2, 0) is 24.4 Å². The summed E-state index contributed by atoms with van der Waals surface area (Å²) in [6, 6.07) is -0.0249. The van der Waals surface area contributed by atoms with Crippen LogP contribution in [0.1, 0.15) is 18.3 Å². The number of aliphatic hydroxyl groups is 1. The molecule has 0 saturated heterocycles.